The van der Waals surface area contributed by atoms with Crippen LogP contribution in [0.15, 0.2) is 0 Å². The Kier molecular flexibility index (Phi) is 3.37. The molecule has 2 atom stereocenters. The maximum absolute atomic E-state index is 11.5. The third-order valence-electron chi connectivity index (χ3n) is 3.13. The first-order chi connectivity index (χ1) is 6.84. The number of rotatable bonds is 5. The molecular weight excluding hydrogens is 194 g/mol. The molecule has 15 heavy (non-hydrogen) atoms. The number of carbonyl (C=O) groups is 2. The van der Waals surface area contributed by atoms with Gasteiger partial charge in [0.25, 0.3) is 0 Å². The van der Waals surface area contributed by atoms with Crippen LogP contribution in [0.1, 0.15) is 33.6 Å². The highest BCUT2D eigenvalue weighted by atomic mass is 16.4. The lowest BCUT2D eigenvalue weighted by molar-refractivity contribution is -0.141. The molecule has 1 aliphatic carbocycles. The second-order valence-corrected chi connectivity index (χ2v) is 5.06. The number of hydrogen-bond donors (Lipinski definition) is 2. The SMILES string of the molecule is CC(CCNC(=O)C1CC1(C)C)C(=O)O. The number of amides is 1. The lowest BCUT2D eigenvalue weighted by Crippen LogP contribution is -2.29. The summed E-state index contributed by atoms with van der Waals surface area (Å²) in [7, 11) is 0. The Morgan fingerprint density at radius 1 is 1.53 bits per heavy atom. The van der Waals surface area contributed by atoms with E-state index in [4.69, 9.17) is 5.11 Å². The van der Waals surface area contributed by atoms with Crippen molar-refractivity contribution in [3.63, 3.8) is 0 Å². The molecule has 0 aromatic carbocycles. The van der Waals surface area contributed by atoms with Gasteiger partial charge in [-0.25, -0.2) is 0 Å². The van der Waals surface area contributed by atoms with Gasteiger partial charge in [-0.1, -0.05) is 20.8 Å². The van der Waals surface area contributed by atoms with Crippen LogP contribution in [-0.4, -0.2) is 23.5 Å². The smallest absolute Gasteiger partial charge is 0.306 e. The maximum atomic E-state index is 11.5. The van der Waals surface area contributed by atoms with E-state index in [0.29, 0.717) is 13.0 Å². The van der Waals surface area contributed by atoms with Gasteiger partial charge >= 0.3 is 5.97 Å². The molecule has 1 saturated carbocycles. The van der Waals surface area contributed by atoms with Crippen LogP contribution in [0.5, 0.6) is 0 Å². The van der Waals surface area contributed by atoms with Gasteiger partial charge in [-0.05, 0) is 18.3 Å². The van der Waals surface area contributed by atoms with E-state index in [0.717, 1.165) is 6.42 Å². The van der Waals surface area contributed by atoms with Crippen molar-refractivity contribution < 1.29 is 14.7 Å². The number of aliphatic carboxylic acids is 1. The largest absolute Gasteiger partial charge is 0.481 e. The number of carbonyl (C=O) groups excluding carboxylic acids is 1. The molecule has 0 heterocycles. The summed E-state index contributed by atoms with van der Waals surface area (Å²) in [5, 5.41) is 11.4. The molecule has 1 rings (SSSR count). The molecule has 86 valence electrons. The molecule has 0 aliphatic heterocycles. The van der Waals surface area contributed by atoms with Crippen LogP contribution in [-0.2, 0) is 9.59 Å². The molecule has 0 aromatic heterocycles. The molecule has 4 heteroatoms. The third-order valence-corrected chi connectivity index (χ3v) is 3.13. The Morgan fingerprint density at radius 2 is 2.07 bits per heavy atom. The lowest BCUT2D eigenvalue weighted by Gasteiger charge is -2.08. The van der Waals surface area contributed by atoms with Gasteiger partial charge in [-0.3, -0.25) is 9.59 Å². The first-order valence-electron chi connectivity index (χ1n) is 5.35. The number of hydrogen-bond acceptors (Lipinski definition) is 2. The molecule has 2 N–H and O–H groups in total. The van der Waals surface area contributed by atoms with E-state index in [-0.39, 0.29) is 17.2 Å². The van der Waals surface area contributed by atoms with E-state index in [1.54, 1.807) is 6.92 Å². The minimum absolute atomic E-state index is 0.0672. The molecule has 2 unspecified atom stereocenters. The van der Waals surface area contributed by atoms with E-state index >= 15 is 0 Å². The number of carboxylic acids is 1. The van der Waals surface area contributed by atoms with E-state index in [1.807, 2.05) is 0 Å². The normalized spacial score (nSPS) is 24.3. The van der Waals surface area contributed by atoms with Crippen LogP contribution in [0.2, 0.25) is 0 Å². The quantitative estimate of drug-likeness (QED) is 0.722. The molecule has 4 nitrogen and oxygen atoms in total. The average Bonchev–Trinajstić information content (AvgIpc) is 2.74. The van der Waals surface area contributed by atoms with Crippen LogP contribution in [0.4, 0.5) is 0 Å². The summed E-state index contributed by atoms with van der Waals surface area (Å²) < 4.78 is 0. The minimum atomic E-state index is -0.809. The van der Waals surface area contributed by atoms with Crippen LogP contribution in [0, 0.1) is 17.3 Å². The van der Waals surface area contributed by atoms with Crippen molar-refractivity contribution in [3.05, 3.63) is 0 Å². The lowest BCUT2D eigenvalue weighted by atomic mass is 10.1. The van der Waals surface area contributed by atoms with Crippen LogP contribution in [0.25, 0.3) is 0 Å². The molecule has 1 fully saturated rings. The van der Waals surface area contributed by atoms with E-state index in [2.05, 4.69) is 19.2 Å². The van der Waals surface area contributed by atoms with Crippen LogP contribution in [0.3, 0.4) is 0 Å². The topological polar surface area (TPSA) is 66.4 Å². The predicted molar refractivity (Wildman–Crippen MR) is 56.3 cm³/mol. The summed E-state index contributed by atoms with van der Waals surface area (Å²) in [6.07, 6.45) is 1.43. The van der Waals surface area contributed by atoms with Crippen molar-refractivity contribution in [1.29, 1.82) is 0 Å². The molecule has 0 aromatic rings. The zero-order chi connectivity index (χ0) is 11.6. The van der Waals surface area contributed by atoms with Crippen molar-refractivity contribution in [2.24, 2.45) is 17.3 Å². The second-order valence-electron chi connectivity index (χ2n) is 5.06. The highest BCUT2D eigenvalue weighted by Gasteiger charge is 2.50. The number of nitrogens with one attached hydrogen (secondary N) is 1. The summed E-state index contributed by atoms with van der Waals surface area (Å²) >= 11 is 0. The summed E-state index contributed by atoms with van der Waals surface area (Å²) in [4.78, 5) is 22.0. The molecule has 1 amide bonds. The second kappa shape index (κ2) is 4.21. The fourth-order valence-electron chi connectivity index (χ4n) is 1.57. The maximum Gasteiger partial charge on any atom is 0.306 e. The zero-order valence-electron chi connectivity index (χ0n) is 9.54. The highest BCUT2D eigenvalue weighted by molar-refractivity contribution is 5.82. The van der Waals surface area contributed by atoms with Gasteiger partial charge in [0.1, 0.15) is 0 Å². The van der Waals surface area contributed by atoms with Gasteiger partial charge in [0.15, 0.2) is 0 Å². The van der Waals surface area contributed by atoms with E-state index in [9.17, 15) is 9.59 Å². The third kappa shape index (κ3) is 3.22. The highest BCUT2D eigenvalue weighted by Crippen LogP contribution is 2.51. The summed E-state index contributed by atoms with van der Waals surface area (Å²) in [6.45, 7) is 6.24. The van der Waals surface area contributed by atoms with Crippen LogP contribution < -0.4 is 5.32 Å². The fraction of sp³-hybridized carbons (Fsp3) is 0.818. The molecule has 0 saturated heterocycles. The Bertz CT molecular complexity index is 273. The Morgan fingerprint density at radius 3 is 2.47 bits per heavy atom. The van der Waals surface area contributed by atoms with Gasteiger partial charge in [-0.2, -0.15) is 0 Å². The van der Waals surface area contributed by atoms with E-state index < -0.39 is 11.9 Å². The zero-order valence-corrected chi connectivity index (χ0v) is 9.54. The first kappa shape index (κ1) is 12.0. The Labute approximate surface area is 90.0 Å². The van der Waals surface area contributed by atoms with Gasteiger partial charge in [0, 0.05) is 12.5 Å². The van der Waals surface area contributed by atoms with Crippen molar-refractivity contribution in [2.45, 2.75) is 33.6 Å². The molecule has 0 radical (unpaired) electrons. The molecular formula is C11H19NO3. The van der Waals surface area contributed by atoms with E-state index in [1.165, 1.54) is 0 Å². The van der Waals surface area contributed by atoms with Gasteiger partial charge in [-0.15, -0.1) is 0 Å². The monoisotopic (exact) mass is 213 g/mol. The van der Waals surface area contributed by atoms with Gasteiger partial charge in [0.05, 0.1) is 5.92 Å². The Balaban J connectivity index is 2.16. The van der Waals surface area contributed by atoms with Crippen molar-refractivity contribution >= 4 is 11.9 Å². The van der Waals surface area contributed by atoms with Gasteiger partial charge in [0.2, 0.25) is 5.91 Å². The van der Waals surface area contributed by atoms with Crippen LogP contribution >= 0.6 is 0 Å². The minimum Gasteiger partial charge on any atom is -0.481 e. The van der Waals surface area contributed by atoms with Gasteiger partial charge < -0.3 is 10.4 Å². The summed E-state index contributed by atoms with van der Waals surface area (Å²) in [5.41, 5.74) is 0.141. The summed E-state index contributed by atoms with van der Waals surface area (Å²) in [6, 6.07) is 0. The van der Waals surface area contributed by atoms with Crippen molar-refractivity contribution in [2.75, 3.05) is 6.54 Å². The standard InChI is InChI=1S/C11H19NO3/c1-7(10(14)15)4-5-12-9(13)8-6-11(8,2)3/h7-8H,4-6H2,1-3H3,(H,12,13)(H,14,15). The van der Waals surface area contributed by atoms with Crippen molar-refractivity contribution in [3.8, 4) is 0 Å². The van der Waals surface area contributed by atoms with Crippen molar-refractivity contribution in [1.82, 2.24) is 5.32 Å². The predicted octanol–water partition coefficient (Wildman–Crippen LogP) is 1.26. The molecule has 1 aliphatic rings. The molecule has 0 bridgehead atoms. The summed E-state index contributed by atoms with van der Waals surface area (Å²) in [5.74, 6) is -1.01. The number of carboxylic acid groups (broad SMARTS) is 1. The Hall–Kier alpha value is -1.06. The first-order valence-corrected chi connectivity index (χ1v) is 5.35. The average molecular weight is 213 g/mol. The molecule has 0 spiro atoms. The fourth-order valence-corrected chi connectivity index (χ4v) is 1.57.